The summed E-state index contributed by atoms with van der Waals surface area (Å²) < 4.78 is 5.61. The number of aliphatic hydroxyl groups is 1. The number of nitrogens with one attached hydrogen (secondary N) is 1. The van der Waals surface area contributed by atoms with Crippen molar-refractivity contribution in [1.82, 2.24) is 5.32 Å². The lowest BCUT2D eigenvalue weighted by Gasteiger charge is -2.21. The molecule has 0 aliphatic heterocycles. The van der Waals surface area contributed by atoms with Crippen LogP contribution in [0.25, 0.3) is 0 Å². The first-order chi connectivity index (χ1) is 8.65. The molecule has 0 radical (unpaired) electrons. The van der Waals surface area contributed by atoms with Crippen molar-refractivity contribution in [2.24, 2.45) is 17.8 Å². The Hall–Kier alpha value is -0.120. The van der Waals surface area contributed by atoms with Crippen LogP contribution in [-0.2, 0) is 4.74 Å². The van der Waals surface area contributed by atoms with E-state index >= 15 is 0 Å². The third-order valence-corrected chi connectivity index (χ3v) is 4.59. The highest BCUT2D eigenvalue weighted by atomic mass is 16.5. The van der Waals surface area contributed by atoms with Crippen LogP contribution in [0.2, 0.25) is 0 Å². The number of hydrogen-bond donors (Lipinski definition) is 2. The summed E-state index contributed by atoms with van der Waals surface area (Å²) in [5.74, 6) is 2.93. The van der Waals surface area contributed by atoms with Crippen LogP contribution >= 0.6 is 0 Å². The molecule has 0 aromatic rings. The quantitative estimate of drug-likeness (QED) is 0.653. The first-order valence-electron chi connectivity index (χ1n) is 7.64. The van der Waals surface area contributed by atoms with Crippen LogP contribution in [0.4, 0.5) is 0 Å². The number of fused-ring (bicyclic) bond motifs is 2. The number of ether oxygens (including phenoxy) is 1. The molecule has 0 spiro atoms. The van der Waals surface area contributed by atoms with Gasteiger partial charge >= 0.3 is 0 Å². The second-order valence-electron chi connectivity index (χ2n) is 6.52. The zero-order valence-corrected chi connectivity index (χ0v) is 11.9. The van der Waals surface area contributed by atoms with Crippen LogP contribution in [0, 0.1) is 17.8 Å². The molecule has 2 aliphatic rings. The molecule has 4 unspecified atom stereocenters. The summed E-state index contributed by atoms with van der Waals surface area (Å²) in [6.45, 7) is 6.10. The summed E-state index contributed by atoms with van der Waals surface area (Å²) in [5, 5.41) is 12.9. The maximum atomic E-state index is 9.71. The lowest BCUT2D eigenvalue weighted by atomic mass is 9.87. The van der Waals surface area contributed by atoms with E-state index < -0.39 is 0 Å². The van der Waals surface area contributed by atoms with Crippen molar-refractivity contribution in [3.63, 3.8) is 0 Å². The third-order valence-electron chi connectivity index (χ3n) is 4.59. The average Bonchev–Trinajstić information content (AvgIpc) is 2.94. The molecule has 106 valence electrons. The van der Waals surface area contributed by atoms with Gasteiger partial charge in [-0.3, -0.25) is 0 Å². The molecular weight excluding hydrogens is 226 g/mol. The van der Waals surface area contributed by atoms with Gasteiger partial charge in [0.25, 0.3) is 0 Å². The molecule has 0 aromatic carbocycles. The van der Waals surface area contributed by atoms with Crippen molar-refractivity contribution in [1.29, 1.82) is 0 Å². The minimum absolute atomic E-state index is 0.368. The minimum Gasteiger partial charge on any atom is -0.389 e. The molecule has 0 amide bonds. The number of aliphatic hydroxyl groups excluding tert-OH is 1. The lowest BCUT2D eigenvalue weighted by Crippen LogP contribution is -2.34. The smallest absolute Gasteiger partial charge is 0.0897 e. The molecule has 2 aliphatic carbocycles. The molecular formula is C15H29NO2. The summed E-state index contributed by atoms with van der Waals surface area (Å²) in [5.41, 5.74) is 0. The average molecular weight is 255 g/mol. The van der Waals surface area contributed by atoms with Crippen LogP contribution in [0.15, 0.2) is 0 Å². The van der Waals surface area contributed by atoms with E-state index in [4.69, 9.17) is 4.74 Å². The van der Waals surface area contributed by atoms with E-state index in [1.54, 1.807) is 0 Å². The molecule has 0 heterocycles. The Morgan fingerprint density at radius 3 is 2.72 bits per heavy atom. The molecule has 3 nitrogen and oxygen atoms in total. The predicted molar refractivity (Wildman–Crippen MR) is 73.5 cm³/mol. The summed E-state index contributed by atoms with van der Waals surface area (Å²) >= 11 is 0. The van der Waals surface area contributed by atoms with E-state index in [0.717, 1.165) is 24.4 Å². The molecule has 18 heavy (non-hydrogen) atoms. The van der Waals surface area contributed by atoms with Gasteiger partial charge in [-0.25, -0.2) is 0 Å². The Balaban J connectivity index is 1.48. The van der Waals surface area contributed by atoms with E-state index in [-0.39, 0.29) is 6.10 Å². The first kappa shape index (κ1) is 14.3. The van der Waals surface area contributed by atoms with Gasteiger partial charge in [-0.1, -0.05) is 20.3 Å². The molecule has 2 bridgehead atoms. The van der Waals surface area contributed by atoms with Crippen molar-refractivity contribution in [3.05, 3.63) is 0 Å². The second kappa shape index (κ2) is 6.88. The van der Waals surface area contributed by atoms with Gasteiger partial charge in [-0.05, 0) is 43.4 Å². The second-order valence-corrected chi connectivity index (χ2v) is 6.52. The normalized spacial score (nSPS) is 32.3. The van der Waals surface area contributed by atoms with Crippen molar-refractivity contribution in [3.8, 4) is 0 Å². The predicted octanol–water partition coefficient (Wildman–Crippen LogP) is 2.19. The van der Waals surface area contributed by atoms with Crippen LogP contribution in [0.5, 0.6) is 0 Å². The maximum absolute atomic E-state index is 9.71. The van der Waals surface area contributed by atoms with Gasteiger partial charge in [0.1, 0.15) is 0 Å². The first-order valence-corrected chi connectivity index (χ1v) is 7.64. The summed E-state index contributed by atoms with van der Waals surface area (Å²) in [6, 6.07) is 0.425. The highest BCUT2D eigenvalue weighted by Crippen LogP contribution is 2.49. The Bertz CT molecular complexity index is 245. The van der Waals surface area contributed by atoms with Crippen LogP contribution in [0.1, 0.15) is 46.0 Å². The maximum Gasteiger partial charge on any atom is 0.0897 e. The summed E-state index contributed by atoms with van der Waals surface area (Å²) in [4.78, 5) is 0. The Kier molecular flexibility index (Phi) is 5.46. The standard InChI is InChI=1S/C15H29NO2/c1-11(2)16-9-15(17)10-18-6-5-14-8-12-3-4-13(14)7-12/h11-17H,3-10H2,1-2H3. The fourth-order valence-electron chi connectivity index (χ4n) is 3.61. The van der Waals surface area contributed by atoms with Crippen molar-refractivity contribution in [2.45, 2.75) is 58.1 Å². The zero-order valence-electron chi connectivity index (χ0n) is 11.9. The molecule has 2 N–H and O–H groups in total. The zero-order chi connectivity index (χ0) is 13.0. The Morgan fingerprint density at radius 1 is 1.28 bits per heavy atom. The van der Waals surface area contributed by atoms with E-state index in [1.807, 2.05) is 0 Å². The van der Waals surface area contributed by atoms with Gasteiger partial charge in [0.05, 0.1) is 12.7 Å². The third kappa shape index (κ3) is 4.22. The highest BCUT2D eigenvalue weighted by Gasteiger charge is 2.38. The monoisotopic (exact) mass is 255 g/mol. The van der Waals surface area contributed by atoms with Crippen molar-refractivity contribution >= 4 is 0 Å². The Labute approximate surface area is 111 Å². The van der Waals surface area contributed by atoms with Crippen LogP contribution < -0.4 is 5.32 Å². The van der Waals surface area contributed by atoms with Gasteiger partial charge < -0.3 is 15.2 Å². The van der Waals surface area contributed by atoms with E-state index in [0.29, 0.717) is 19.2 Å². The topological polar surface area (TPSA) is 41.5 Å². The van der Waals surface area contributed by atoms with Gasteiger partial charge in [0.15, 0.2) is 0 Å². The summed E-state index contributed by atoms with van der Waals surface area (Å²) in [7, 11) is 0. The van der Waals surface area contributed by atoms with Crippen LogP contribution in [-0.4, -0.2) is 37.0 Å². The fraction of sp³-hybridized carbons (Fsp3) is 1.00. The molecule has 2 fully saturated rings. The molecule has 4 atom stereocenters. The van der Waals surface area contributed by atoms with E-state index in [9.17, 15) is 5.11 Å². The fourth-order valence-corrected chi connectivity index (χ4v) is 3.61. The van der Waals surface area contributed by atoms with Gasteiger partial charge in [0.2, 0.25) is 0 Å². The van der Waals surface area contributed by atoms with Crippen molar-refractivity contribution < 1.29 is 9.84 Å². The SMILES string of the molecule is CC(C)NCC(O)COCCC1CC2CCC1C2. The largest absolute Gasteiger partial charge is 0.389 e. The molecule has 2 rings (SSSR count). The molecule has 0 aromatic heterocycles. The van der Waals surface area contributed by atoms with E-state index in [2.05, 4.69) is 19.2 Å². The molecule has 2 saturated carbocycles. The molecule has 3 heteroatoms. The minimum atomic E-state index is -0.368. The Morgan fingerprint density at radius 2 is 2.11 bits per heavy atom. The van der Waals surface area contributed by atoms with Gasteiger partial charge in [0, 0.05) is 19.2 Å². The number of hydrogen-bond acceptors (Lipinski definition) is 3. The summed E-state index contributed by atoms with van der Waals surface area (Å²) in [6.07, 6.45) is 6.67. The van der Waals surface area contributed by atoms with Crippen LogP contribution in [0.3, 0.4) is 0 Å². The van der Waals surface area contributed by atoms with Gasteiger partial charge in [-0.2, -0.15) is 0 Å². The van der Waals surface area contributed by atoms with E-state index in [1.165, 1.54) is 32.1 Å². The van der Waals surface area contributed by atoms with Gasteiger partial charge in [-0.15, -0.1) is 0 Å². The number of rotatable bonds is 8. The van der Waals surface area contributed by atoms with Crippen molar-refractivity contribution in [2.75, 3.05) is 19.8 Å². The molecule has 0 saturated heterocycles. The highest BCUT2D eigenvalue weighted by molar-refractivity contribution is 4.89. The lowest BCUT2D eigenvalue weighted by molar-refractivity contribution is 0.0283.